The zero-order valence-corrected chi connectivity index (χ0v) is 14.8. The number of aliphatic hydroxyl groups excluding tert-OH is 2. The third kappa shape index (κ3) is 2.18. The first-order chi connectivity index (χ1) is 12.6. The maximum atomic E-state index is 13.2. The number of aryl methyl sites for hydroxylation is 1. The topological polar surface area (TPSA) is 101 Å². The SMILES string of the molecule is Cc1nnn2c1CO[C@H]1[C@H](O)[C@H](O)[C@H]3Sc4ccccc4C(=O)N3[C@H]1C2. The number of fused-ring (bicyclic) bond motifs is 5. The van der Waals surface area contributed by atoms with Gasteiger partial charge in [0.25, 0.3) is 5.91 Å². The number of carbonyl (C=O) groups excluding carboxylic acids is 1. The number of nitrogens with zero attached hydrogens (tertiary/aromatic N) is 4. The molecule has 0 aliphatic carbocycles. The molecule has 26 heavy (non-hydrogen) atoms. The minimum absolute atomic E-state index is 0.158. The molecule has 2 N–H and O–H groups in total. The molecule has 0 radical (unpaired) electrons. The summed E-state index contributed by atoms with van der Waals surface area (Å²) in [6.45, 7) is 2.46. The Morgan fingerprint density at radius 2 is 2.08 bits per heavy atom. The Hall–Kier alpha value is -1.94. The van der Waals surface area contributed by atoms with Gasteiger partial charge in [0.15, 0.2) is 0 Å². The van der Waals surface area contributed by atoms with Gasteiger partial charge in [-0.3, -0.25) is 4.79 Å². The third-order valence-corrected chi connectivity index (χ3v) is 6.75. The van der Waals surface area contributed by atoms with E-state index in [-0.39, 0.29) is 12.5 Å². The van der Waals surface area contributed by atoms with Gasteiger partial charge in [-0.15, -0.1) is 5.10 Å². The van der Waals surface area contributed by atoms with Gasteiger partial charge < -0.3 is 19.8 Å². The van der Waals surface area contributed by atoms with Crippen LogP contribution in [0.4, 0.5) is 0 Å². The number of amides is 1. The first kappa shape index (κ1) is 16.2. The van der Waals surface area contributed by atoms with Gasteiger partial charge >= 0.3 is 0 Å². The summed E-state index contributed by atoms with van der Waals surface area (Å²) in [7, 11) is 0. The number of rotatable bonds is 0. The van der Waals surface area contributed by atoms with Crippen molar-refractivity contribution in [2.75, 3.05) is 0 Å². The van der Waals surface area contributed by atoms with Crippen molar-refractivity contribution in [3.63, 3.8) is 0 Å². The van der Waals surface area contributed by atoms with Crippen molar-refractivity contribution < 1.29 is 19.7 Å². The fourth-order valence-corrected chi connectivity index (χ4v) is 5.37. The molecule has 1 fully saturated rings. The van der Waals surface area contributed by atoms with Crippen LogP contribution in [0.1, 0.15) is 21.7 Å². The van der Waals surface area contributed by atoms with Crippen molar-refractivity contribution in [3.05, 3.63) is 41.2 Å². The zero-order chi connectivity index (χ0) is 18.0. The van der Waals surface area contributed by atoms with Gasteiger partial charge in [-0.1, -0.05) is 29.1 Å². The fraction of sp³-hybridized carbons (Fsp3) is 0.471. The van der Waals surface area contributed by atoms with Gasteiger partial charge in [-0.05, 0) is 19.1 Å². The molecular formula is C17H18N4O4S. The number of carbonyl (C=O) groups is 1. The predicted molar refractivity (Wildman–Crippen MR) is 91.4 cm³/mol. The van der Waals surface area contributed by atoms with Gasteiger partial charge in [-0.2, -0.15) is 0 Å². The van der Waals surface area contributed by atoms with Crippen LogP contribution in [0.15, 0.2) is 29.2 Å². The minimum Gasteiger partial charge on any atom is -0.387 e. The van der Waals surface area contributed by atoms with Crippen LogP contribution < -0.4 is 0 Å². The molecule has 1 aromatic heterocycles. The highest BCUT2D eigenvalue weighted by atomic mass is 32.2. The monoisotopic (exact) mass is 374 g/mol. The molecule has 4 heterocycles. The fourth-order valence-electron chi connectivity index (χ4n) is 4.01. The van der Waals surface area contributed by atoms with E-state index in [0.717, 1.165) is 16.3 Å². The summed E-state index contributed by atoms with van der Waals surface area (Å²) in [6.07, 6.45) is -2.86. The molecule has 0 unspecified atom stereocenters. The Bertz CT molecular complexity index is 887. The Morgan fingerprint density at radius 3 is 2.92 bits per heavy atom. The van der Waals surface area contributed by atoms with E-state index in [4.69, 9.17) is 4.74 Å². The average Bonchev–Trinajstić information content (AvgIpc) is 2.87. The number of thioether (sulfide) groups is 1. The third-order valence-electron chi connectivity index (χ3n) is 5.39. The van der Waals surface area contributed by atoms with E-state index in [1.807, 2.05) is 25.1 Å². The van der Waals surface area contributed by atoms with Crippen molar-refractivity contribution in [2.45, 2.75) is 54.7 Å². The lowest BCUT2D eigenvalue weighted by Crippen LogP contribution is -2.68. The van der Waals surface area contributed by atoms with E-state index >= 15 is 0 Å². The van der Waals surface area contributed by atoms with Crippen LogP contribution in [0.2, 0.25) is 0 Å². The largest absolute Gasteiger partial charge is 0.387 e. The van der Waals surface area contributed by atoms with E-state index < -0.39 is 29.7 Å². The molecule has 3 aliphatic heterocycles. The first-order valence-corrected chi connectivity index (χ1v) is 9.39. The Balaban J connectivity index is 1.60. The number of hydrogen-bond acceptors (Lipinski definition) is 7. The van der Waals surface area contributed by atoms with Crippen molar-refractivity contribution in [1.82, 2.24) is 19.9 Å². The van der Waals surface area contributed by atoms with Gasteiger partial charge in [0.2, 0.25) is 0 Å². The first-order valence-electron chi connectivity index (χ1n) is 8.51. The van der Waals surface area contributed by atoms with Gasteiger partial charge in [0.05, 0.1) is 36.1 Å². The zero-order valence-electron chi connectivity index (χ0n) is 14.0. The van der Waals surface area contributed by atoms with Gasteiger partial charge in [-0.25, -0.2) is 4.68 Å². The smallest absolute Gasteiger partial charge is 0.256 e. The Morgan fingerprint density at radius 1 is 1.27 bits per heavy atom. The van der Waals surface area contributed by atoms with Crippen LogP contribution in [0.3, 0.4) is 0 Å². The maximum Gasteiger partial charge on any atom is 0.256 e. The summed E-state index contributed by atoms with van der Waals surface area (Å²) < 4.78 is 7.66. The lowest BCUT2D eigenvalue weighted by Gasteiger charge is -2.51. The molecular weight excluding hydrogens is 356 g/mol. The number of hydrogen-bond donors (Lipinski definition) is 2. The van der Waals surface area contributed by atoms with E-state index in [2.05, 4.69) is 10.3 Å². The summed E-state index contributed by atoms with van der Waals surface area (Å²) in [5.41, 5.74) is 2.20. The van der Waals surface area contributed by atoms with Crippen molar-refractivity contribution in [3.8, 4) is 0 Å². The molecule has 0 spiro atoms. The highest BCUT2D eigenvalue weighted by Crippen LogP contribution is 2.43. The summed E-state index contributed by atoms with van der Waals surface area (Å²) in [6, 6.07) is 6.91. The van der Waals surface area contributed by atoms with Crippen LogP contribution in [-0.2, 0) is 17.9 Å². The standard InChI is InChI=1S/C17H18N4O4S/c1-8-11-7-25-15-10(6-20(11)19-18-8)21-16(24)9-4-2-3-5-12(9)26-17(21)14(23)13(15)22/h2-5,10,13-15,17,22-23H,6-7H2,1H3/t10-,13+,14-,15+,17+/m0/s1. The summed E-state index contributed by atoms with van der Waals surface area (Å²) in [5, 5.41) is 29.0. The second-order valence-corrected chi connectivity index (χ2v) is 8.00. The molecule has 5 atom stereocenters. The number of aliphatic hydroxyl groups is 2. The second kappa shape index (κ2) is 5.78. The number of benzene rings is 1. The van der Waals surface area contributed by atoms with Crippen molar-refractivity contribution >= 4 is 17.7 Å². The predicted octanol–water partition coefficient (Wildman–Crippen LogP) is 0.164. The number of aromatic nitrogens is 3. The molecule has 2 aromatic rings. The quantitative estimate of drug-likeness (QED) is 0.678. The molecule has 5 rings (SSSR count). The van der Waals surface area contributed by atoms with Crippen LogP contribution >= 0.6 is 11.8 Å². The summed E-state index contributed by atoms with van der Waals surface area (Å²) >= 11 is 1.40. The normalized spacial score (nSPS) is 33.0. The highest BCUT2D eigenvalue weighted by Gasteiger charge is 2.54. The molecule has 0 saturated carbocycles. The molecule has 136 valence electrons. The molecule has 8 nitrogen and oxygen atoms in total. The molecule has 9 heteroatoms. The molecule has 3 aliphatic rings. The molecule has 1 saturated heterocycles. The van der Waals surface area contributed by atoms with Crippen LogP contribution in [-0.4, -0.2) is 65.7 Å². The molecule has 1 aromatic carbocycles. The molecule has 0 bridgehead atoms. The maximum absolute atomic E-state index is 13.2. The minimum atomic E-state index is -1.09. The van der Waals surface area contributed by atoms with E-state index in [1.54, 1.807) is 15.6 Å². The number of ether oxygens (including phenoxy) is 1. The summed E-state index contributed by atoms with van der Waals surface area (Å²) in [5.74, 6) is -0.158. The average molecular weight is 374 g/mol. The van der Waals surface area contributed by atoms with Crippen LogP contribution in [0.25, 0.3) is 0 Å². The van der Waals surface area contributed by atoms with Crippen LogP contribution in [0.5, 0.6) is 0 Å². The Labute approximate surface area is 153 Å². The van der Waals surface area contributed by atoms with Crippen LogP contribution in [0, 0.1) is 6.92 Å². The van der Waals surface area contributed by atoms with E-state index in [0.29, 0.717) is 12.1 Å². The highest BCUT2D eigenvalue weighted by molar-refractivity contribution is 8.00. The summed E-state index contributed by atoms with van der Waals surface area (Å²) in [4.78, 5) is 15.7. The lowest BCUT2D eigenvalue weighted by molar-refractivity contribution is -0.159. The van der Waals surface area contributed by atoms with Crippen molar-refractivity contribution in [2.24, 2.45) is 0 Å². The number of piperidine rings is 1. The Kier molecular flexibility index (Phi) is 3.61. The van der Waals surface area contributed by atoms with E-state index in [1.165, 1.54) is 11.8 Å². The van der Waals surface area contributed by atoms with Crippen molar-refractivity contribution in [1.29, 1.82) is 0 Å². The lowest BCUT2D eigenvalue weighted by atomic mass is 9.92. The van der Waals surface area contributed by atoms with Gasteiger partial charge in [0.1, 0.15) is 23.7 Å². The molecule has 1 amide bonds. The second-order valence-electron chi connectivity index (χ2n) is 6.84. The van der Waals surface area contributed by atoms with Gasteiger partial charge in [0, 0.05) is 4.90 Å². The van der Waals surface area contributed by atoms with E-state index in [9.17, 15) is 15.0 Å².